The van der Waals surface area contributed by atoms with Crippen LogP contribution in [0.15, 0.2) is 24.3 Å². The van der Waals surface area contributed by atoms with Crippen molar-refractivity contribution in [2.24, 2.45) is 5.73 Å². The van der Waals surface area contributed by atoms with Crippen LogP contribution in [0, 0.1) is 6.92 Å². The van der Waals surface area contributed by atoms with E-state index >= 15 is 0 Å². The van der Waals surface area contributed by atoms with Gasteiger partial charge in [-0.2, -0.15) is 0 Å². The van der Waals surface area contributed by atoms with Gasteiger partial charge in [-0.1, -0.05) is 29.8 Å². The van der Waals surface area contributed by atoms with Gasteiger partial charge in [-0.05, 0) is 39.2 Å². The van der Waals surface area contributed by atoms with Crippen molar-refractivity contribution >= 4 is 5.91 Å². The first kappa shape index (κ1) is 15.7. The SMILES string of the molecule is Cc1ccc(CC(C)N(C)C(=O)CCC(C)N)cc1. The number of carbonyl (C=O) groups excluding carboxylic acids is 1. The molecule has 0 spiro atoms. The summed E-state index contributed by atoms with van der Waals surface area (Å²) in [6.07, 6.45) is 2.17. The van der Waals surface area contributed by atoms with Gasteiger partial charge in [-0.15, -0.1) is 0 Å². The van der Waals surface area contributed by atoms with E-state index in [1.165, 1.54) is 11.1 Å². The molecule has 0 fully saturated rings. The maximum atomic E-state index is 12.0. The fourth-order valence-electron chi connectivity index (χ4n) is 1.98. The summed E-state index contributed by atoms with van der Waals surface area (Å²) in [7, 11) is 1.88. The van der Waals surface area contributed by atoms with Gasteiger partial charge in [0.05, 0.1) is 0 Å². The van der Waals surface area contributed by atoms with E-state index in [-0.39, 0.29) is 18.0 Å². The van der Waals surface area contributed by atoms with Crippen LogP contribution in [0.5, 0.6) is 0 Å². The standard InChI is InChI=1S/C16H26N2O/c1-12-5-8-15(9-6-12)11-14(3)18(4)16(19)10-7-13(2)17/h5-6,8-9,13-14H,7,10-11,17H2,1-4H3. The van der Waals surface area contributed by atoms with E-state index in [4.69, 9.17) is 5.73 Å². The number of likely N-dealkylation sites (N-methyl/N-ethyl adjacent to an activating group) is 1. The monoisotopic (exact) mass is 262 g/mol. The van der Waals surface area contributed by atoms with Crippen LogP contribution in [-0.2, 0) is 11.2 Å². The lowest BCUT2D eigenvalue weighted by Crippen LogP contribution is -2.37. The van der Waals surface area contributed by atoms with Crippen molar-refractivity contribution < 1.29 is 4.79 Å². The van der Waals surface area contributed by atoms with Crippen molar-refractivity contribution in [2.45, 2.75) is 52.1 Å². The van der Waals surface area contributed by atoms with Crippen LogP contribution < -0.4 is 5.73 Å². The number of rotatable bonds is 6. The third-order valence-corrected chi connectivity index (χ3v) is 3.52. The van der Waals surface area contributed by atoms with E-state index in [0.29, 0.717) is 6.42 Å². The summed E-state index contributed by atoms with van der Waals surface area (Å²) in [4.78, 5) is 13.8. The molecule has 1 aromatic rings. The minimum atomic E-state index is 0.0877. The third-order valence-electron chi connectivity index (χ3n) is 3.52. The number of hydrogen-bond donors (Lipinski definition) is 1. The minimum Gasteiger partial charge on any atom is -0.343 e. The normalized spacial score (nSPS) is 13.9. The molecule has 0 bridgehead atoms. The molecule has 0 saturated heterocycles. The highest BCUT2D eigenvalue weighted by atomic mass is 16.2. The zero-order valence-electron chi connectivity index (χ0n) is 12.5. The van der Waals surface area contributed by atoms with Crippen LogP contribution in [0.1, 0.15) is 37.8 Å². The highest BCUT2D eigenvalue weighted by Gasteiger charge is 2.16. The number of aryl methyl sites for hydroxylation is 1. The van der Waals surface area contributed by atoms with E-state index in [0.717, 1.165) is 12.8 Å². The van der Waals surface area contributed by atoms with Crippen LogP contribution in [0.4, 0.5) is 0 Å². The predicted molar refractivity (Wildman–Crippen MR) is 80.0 cm³/mol. The van der Waals surface area contributed by atoms with Crippen molar-refractivity contribution in [1.29, 1.82) is 0 Å². The van der Waals surface area contributed by atoms with Crippen molar-refractivity contribution in [1.82, 2.24) is 4.90 Å². The molecule has 1 amide bonds. The Kier molecular flexibility index (Phi) is 6.03. The average Bonchev–Trinajstić information content (AvgIpc) is 2.37. The van der Waals surface area contributed by atoms with Crippen LogP contribution >= 0.6 is 0 Å². The second-order valence-electron chi connectivity index (χ2n) is 5.56. The molecule has 2 atom stereocenters. The second-order valence-corrected chi connectivity index (χ2v) is 5.56. The molecule has 19 heavy (non-hydrogen) atoms. The Hall–Kier alpha value is -1.35. The lowest BCUT2D eigenvalue weighted by molar-refractivity contribution is -0.131. The molecule has 106 valence electrons. The van der Waals surface area contributed by atoms with Gasteiger partial charge < -0.3 is 10.6 Å². The first-order valence-electron chi connectivity index (χ1n) is 6.97. The van der Waals surface area contributed by atoms with Gasteiger partial charge >= 0.3 is 0 Å². The largest absolute Gasteiger partial charge is 0.343 e. The smallest absolute Gasteiger partial charge is 0.222 e. The van der Waals surface area contributed by atoms with Crippen molar-refractivity contribution in [3.05, 3.63) is 35.4 Å². The highest BCUT2D eigenvalue weighted by molar-refractivity contribution is 5.76. The molecule has 0 aliphatic heterocycles. The topological polar surface area (TPSA) is 46.3 Å². The maximum absolute atomic E-state index is 12.0. The van der Waals surface area contributed by atoms with Gasteiger partial charge in [0.25, 0.3) is 0 Å². The maximum Gasteiger partial charge on any atom is 0.222 e. The van der Waals surface area contributed by atoms with Gasteiger partial charge in [0.1, 0.15) is 0 Å². The first-order chi connectivity index (χ1) is 8.90. The van der Waals surface area contributed by atoms with Crippen LogP contribution in [0.25, 0.3) is 0 Å². The zero-order valence-corrected chi connectivity index (χ0v) is 12.5. The molecule has 0 aliphatic carbocycles. The van der Waals surface area contributed by atoms with Crippen LogP contribution in [0.2, 0.25) is 0 Å². The van der Waals surface area contributed by atoms with E-state index in [9.17, 15) is 4.79 Å². The van der Waals surface area contributed by atoms with Gasteiger partial charge in [0.2, 0.25) is 5.91 Å². The molecular formula is C16H26N2O. The Labute approximate surface area is 116 Å². The molecule has 1 rings (SSSR count). The van der Waals surface area contributed by atoms with Crippen molar-refractivity contribution in [3.63, 3.8) is 0 Å². The Morgan fingerprint density at radius 1 is 1.26 bits per heavy atom. The number of carbonyl (C=O) groups is 1. The lowest BCUT2D eigenvalue weighted by atomic mass is 10.0. The summed E-state index contributed by atoms with van der Waals surface area (Å²) >= 11 is 0. The fourth-order valence-corrected chi connectivity index (χ4v) is 1.98. The number of hydrogen-bond acceptors (Lipinski definition) is 2. The predicted octanol–water partition coefficient (Wildman–Crippen LogP) is 2.51. The van der Waals surface area contributed by atoms with E-state index < -0.39 is 0 Å². The summed E-state index contributed by atoms with van der Waals surface area (Å²) in [5, 5.41) is 0. The molecule has 0 aromatic heterocycles. The number of benzene rings is 1. The van der Waals surface area contributed by atoms with Crippen molar-refractivity contribution in [3.8, 4) is 0 Å². The van der Waals surface area contributed by atoms with Gasteiger partial charge in [-0.3, -0.25) is 4.79 Å². The van der Waals surface area contributed by atoms with Gasteiger partial charge in [-0.25, -0.2) is 0 Å². The van der Waals surface area contributed by atoms with E-state index in [1.54, 1.807) is 0 Å². The van der Waals surface area contributed by atoms with E-state index in [2.05, 4.69) is 38.1 Å². The minimum absolute atomic E-state index is 0.0877. The number of nitrogens with zero attached hydrogens (tertiary/aromatic N) is 1. The number of amides is 1. The average molecular weight is 262 g/mol. The zero-order chi connectivity index (χ0) is 14.4. The second kappa shape index (κ2) is 7.29. The van der Waals surface area contributed by atoms with Crippen LogP contribution in [0.3, 0.4) is 0 Å². The third kappa shape index (κ3) is 5.43. The summed E-state index contributed by atoms with van der Waals surface area (Å²) in [6, 6.07) is 8.78. The number of nitrogens with two attached hydrogens (primary N) is 1. The quantitative estimate of drug-likeness (QED) is 0.856. The highest BCUT2D eigenvalue weighted by Crippen LogP contribution is 2.10. The Balaban J connectivity index is 2.49. The van der Waals surface area contributed by atoms with Gasteiger partial charge in [0, 0.05) is 25.6 Å². The molecular weight excluding hydrogens is 236 g/mol. The molecule has 0 heterocycles. The molecule has 0 radical (unpaired) electrons. The first-order valence-corrected chi connectivity index (χ1v) is 6.97. The van der Waals surface area contributed by atoms with Gasteiger partial charge in [0.15, 0.2) is 0 Å². The summed E-state index contributed by atoms with van der Waals surface area (Å²) in [5.41, 5.74) is 8.21. The molecule has 3 nitrogen and oxygen atoms in total. The van der Waals surface area contributed by atoms with E-state index in [1.807, 2.05) is 18.9 Å². The Morgan fingerprint density at radius 2 is 1.84 bits per heavy atom. The van der Waals surface area contributed by atoms with Crippen LogP contribution in [-0.4, -0.2) is 29.9 Å². The molecule has 1 aromatic carbocycles. The Morgan fingerprint density at radius 3 is 2.37 bits per heavy atom. The summed E-state index contributed by atoms with van der Waals surface area (Å²) in [6.45, 7) is 6.10. The molecule has 2 unspecified atom stereocenters. The van der Waals surface area contributed by atoms with Crippen molar-refractivity contribution in [2.75, 3.05) is 7.05 Å². The molecule has 0 aliphatic rings. The fraction of sp³-hybridized carbons (Fsp3) is 0.562. The summed E-state index contributed by atoms with van der Waals surface area (Å²) < 4.78 is 0. The Bertz CT molecular complexity index is 398. The molecule has 2 N–H and O–H groups in total. The molecule has 3 heteroatoms. The molecule has 0 saturated carbocycles. The summed E-state index contributed by atoms with van der Waals surface area (Å²) in [5.74, 6) is 0.178. The lowest BCUT2D eigenvalue weighted by Gasteiger charge is -2.25.